The van der Waals surface area contributed by atoms with Crippen molar-refractivity contribution >= 4 is 11.9 Å². The molecule has 1 amide bonds. The number of aromatic nitrogens is 1. The first kappa shape index (κ1) is 6.27. The van der Waals surface area contributed by atoms with Gasteiger partial charge < -0.3 is 9.72 Å². The zero-order valence-corrected chi connectivity index (χ0v) is 5.91. The molecule has 1 aromatic heterocycles. The van der Waals surface area contributed by atoms with Gasteiger partial charge in [-0.3, -0.25) is 4.90 Å². The number of nitrogens with one attached hydrogen (secondary N) is 1. The number of aromatic amines is 1. The molecule has 2 heterocycles. The molecule has 1 aliphatic heterocycles. The van der Waals surface area contributed by atoms with E-state index in [1.54, 1.807) is 11.1 Å². The van der Waals surface area contributed by atoms with Crippen molar-refractivity contribution in [2.75, 3.05) is 18.1 Å². The van der Waals surface area contributed by atoms with Crippen LogP contribution in [0.25, 0.3) is 0 Å². The highest BCUT2D eigenvalue weighted by atomic mass is 16.6. The minimum absolute atomic E-state index is 0.271. The highest BCUT2D eigenvalue weighted by molar-refractivity contribution is 5.88. The second kappa shape index (κ2) is 2.30. The van der Waals surface area contributed by atoms with Gasteiger partial charge in [0.2, 0.25) is 0 Å². The minimum Gasteiger partial charge on any atom is -0.447 e. The molecule has 1 fully saturated rings. The Bertz CT molecular complexity index is 255. The van der Waals surface area contributed by atoms with Gasteiger partial charge >= 0.3 is 6.09 Å². The summed E-state index contributed by atoms with van der Waals surface area (Å²) < 4.78 is 4.76. The Balaban J connectivity index is 2.23. The zero-order valence-electron chi connectivity index (χ0n) is 5.91. The van der Waals surface area contributed by atoms with Crippen molar-refractivity contribution in [2.24, 2.45) is 0 Å². The molecule has 11 heavy (non-hydrogen) atoms. The molecule has 58 valence electrons. The van der Waals surface area contributed by atoms with E-state index in [9.17, 15) is 4.79 Å². The number of carbonyl (C=O) groups is 1. The smallest absolute Gasteiger partial charge is 0.415 e. The molecular formula is C7H8N2O2. The Morgan fingerprint density at radius 3 is 3.09 bits per heavy atom. The summed E-state index contributed by atoms with van der Waals surface area (Å²) in [6, 6.07) is 3.69. The van der Waals surface area contributed by atoms with Gasteiger partial charge in [0.25, 0.3) is 0 Å². The van der Waals surface area contributed by atoms with Gasteiger partial charge in [-0.05, 0) is 12.1 Å². The lowest BCUT2D eigenvalue weighted by molar-refractivity contribution is 0.181. The number of amides is 1. The molecule has 0 aliphatic carbocycles. The Hall–Kier alpha value is -1.45. The Morgan fingerprint density at radius 1 is 1.64 bits per heavy atom. The Labute approximate surface area is 63.8 Å². The first-order valence-corrected chi connectivity index (χ1v) is 3.45. The molecule has 0 radical (unpaired) electrons. The number of anilines is 1. The number of H-pyrrole nitrogens is 1. The Kier molecular flexibility index (Phi) is 1.31. The van der Waals surface area contributed by atoms with E-state index in [-0.39, 0.29) is 6.09 Å². The van der Waals surface area contributed by atoms with Crippen molar-refractivity contribution in [2.45, 2.75) is 0 Å². The fraction of sp³-hybridized carbons (Fsp3) is 0.286. The van der Waals surface area contributed by atoms with E-state index in [1.807, 2.05) is 12.1 Å². The van der Waals surface area contributed by atoms with Gasteiger partial charge in [0, 0.05) is 6.20 Å². The van der Waals surface area contributed by atoms with Crippen molar-refractivity contribution in [1.82, 2.24) is 4.98 Å². The highest BCUT2D eigenvalue weighted by Crippen LogP contribution is 2.14. The molecule has 0 aromatic carbocycles. The standard InChI is InChI=1S/C7H8N2O2/c10-7-9(4-5-11-7)6-2-1-3-8-6/h1-3,8H,4-5H2. The molecule has 1 aliphatic rings. The lowest BCUT2D eigenvalue weighted by Crippen LogP contribution is -2.23. The van der Waals surface area contributed by atoms with Crippen LogP contribution < -0.4 is 4.90 Å². The Morgan fingerprint density at radius 2 is 2.55 bits per heavy atom. The number of hydrogen-bond acceptors (Lipinski definition) is 2. The molecule has 2 rings (SSSR count). The topological polar surface area (TPSA) is 45.3 Å². The van der Waals surface area contributed by atoms with Gasteiger partial charge in [-0.2, -0.15) is 0 Å². The van der Waals surface area contributed by atoms with Crippen LogP contribution in [-0.2, 0) is 4.74 Å². The van der Waals surface area contributed by atoms with E-state index < -0.39 is 0 Å². The summed E-state index contributed by atoms with van der Waals surface area (Å²) in [6.45, 7) is 1.12. The molecule has 1 aromatic rings. The van der Waals surface area contributed by atoms with Crippen LogP contribution >= 0.6 is 0 Å². The molecule has 4 heteroatoms. The number of rotatable bonds is 1. The van der Waals surface area contributed by atoms with E-state index in [4.69, 9.17) is 4.74 Å². The summed E-state index contributed by atoms with van der Waals surface area (Å²) in [5, 5.41) is 0. The van der Waals surface area contributed by atoms with Crippen LogP contribution in [0.5, 0.6) is 0 Å². The van der Waals surface area contributed by atoms with Crippen LogP contribution in [-0.4, -0.2) is 24.2 Å². The maximum Gasteiger partial charge on any atom is 0.415 e. The number of nitrogens with zero attached hydrogens (tertiary/aromatic N) is 1. The van der Waals surface area contributed by atoms with Gasteiger partial charge in [0.1, 0.15) is 12.4 Å². The normalized spacial score (nSPS) is 17.1. The number of cyclic esters (lactones) is 1. The van der Waals surface area contributed by atoms with E-state index in [2.05, 4.69) is 4.98 Å². The van der Waals surface area contributed by atoms with Crippen LogP contribution in [0.3, 0.4) is 0 Å². The zero-order chi connectivity index (χ0) is 7.68. The second-order valence-corrected chi connectivity index (χ2v) is 2.32. The lowest BCUT2D eigenvalue weighted by Gasteiger charge is -2.08. The molecule has 0 unspecified atom stereocenters. The van der Waals surface area contributed by atoms with Gasteiger partial charge in [0.15, 0.2) is 0 Å². The van der Waals surface area contributed by atoms with Crippen molar-refractivity contribution in [3.05, 3.63) is 18.3 Å². The van der Waals surface area contributed by atoms with E-state index in [1.165, 1.54) is 0 Å². The van der Waals surface area contributed by atoms with Crippen LogP contribution in [0.15, 0.2) is 18.3 Å². The van der Waals surface area contributed by atoms with Gasteiger partial charge in [-0.25, -0.2) is 4.79 Å². The maximum absolute atomic E-state index is 11.0. The largest absolute Gasteiger partial charge is 0.447 e. The third-order valence-electron chi connectivity index (χ3n) is 1.63. The first-order valence-electron chi connectivity index (χ1n) is 3.45. The molecule has 1 N–H and O–H groups in total. The monoisotopic (exact) mass is 152 g/mol. The van der Waals surface area contributed by atoms with E-state index in [0.717, 1.165) is 5.82 Å². The van der Waals surface area contributed by atoms with Gasteiger partial charge in [-0.1, -0.05) is 0 Å². The van der Waals surface area contributed by atoms with Gasteiger partial charge in [-0.15, -0.1) is 0 Å². The predicted octanol–water partition coefficient (Wildman–Crippen LogP) is 0.971. The lowest BCUT2D eigenvalue weighted by atomic mass is 10.5. The number of carbonyl (C=O) groups excluding carboxylic acids is 1. The van der Waals surface area contributed by atoms with E-state index >= 15 is 0 Å². The molecule has 4 nitrogen and oxygen atoms in total. The summed E-state index contributed by atoms with van der Waals surface area (Å²) in [5.41, 5.74) is 0. The van der Waals surface area contributed by atoms with Crippen LogP contribution in [0.1, 0.15) is 0 Å². The van der Waals surface area contributed by atoms with E-state index in [0.29, 0.717) is 13.2 Å². The minimum atomic E-state index is -0.271. The van der Waals surface area contributed by atoms with Gasteiger partial charge in [0.05, 0.1) is 6.54 Å². The second-order valence-electron chi connectivity index (χ2n) is 2.32. The fourth-order valence-electron chi connectivity index (χ4n) is 1.10. The molecule has 0 saturated carbocycles. The summed E-state index contributed by atoms with van der Waals surface area (Å²) in [7, 11) is 0. The highest BCUT2D eigenvalue weighted by Gasteiger charge is 2.23. The predicted molar refractivity (Wildman–Crippen MR) is 39.5 cm³/mol. The summed E-state index contributed by atoms with van der Waals surface area (Å²) in [4.78, 5) is 15.5. The van der Waals surface area contributed by atoms with Crippen LogP contribution in [0.4, 0.5) is 10.6 Å². The molecule has 0 spiro atoms. The molecule has 0 atom stereocenters. The van der Waals surface area contributed by atoms with Crippen LogP contribution in [0, 0.1) is 0 Å². The third-order valence-corrected chi connectivity index (χ3v) is 1.63. The molecule has 0 bridgehead atoms. The molecule has 1 saturated heterocycles. The van der Waals surface area contributed by atoms with Crippen molar-refractivity contribution in [3.8, 4) is 0 Å². The van der Waals surface area contributed by atoms with Crippen LogP contribution in [0.2, 0.25) is 0 Å². The summed E-state index contributed by atoms with van der Waals surface area (Å²) in [6.07, 6.45) is 1.51. The van der Waals surface area contributed by atoms with Crippen molar-refractivity contribution < 1.29 is 9.53 Å². The maximum atomic E-state index is 11.0. The first-order chi connectivity index (χ1) is 5.38. The number of hydrogen-bond donors (Lipinski definition) is 1. The van der Waals surface area contributed by atoms with Crippen molar-refractivity contribution in [3.63, 3.8) is 0 Å². The number of ether oxygens (including phenoxy) is 1. The third kappa shape index (κ3) is 0.960. The summed E-state index contributed by atoms with van der Waals surface area (Å²) >= 11 is 0. The fourth-order valence-corrected chi connectivity index (χ4v) is 1.10. The summed E-state index contributed by atoms with van der Waals surface area (Å²) in [5.74, 6) is 0.799. The average Bonchev–Trinajstić information content (AvgIpc) is 2.55. The quantitative estimate of drug-likeness (QED) is 0.651. The average molecular weight is 152 g/mol. The SMILES string of the molecule is O=C1OCCN1c1ccc[nH]1. The molecular weight excluding hydrogens is 144 g/mol. The van der Waals surface area contributed by atoms with Crippen molar-refractivity contribution in [1.29, 1.82) is 0 Å².